The maximum atomic E-state index is 13.3. The van der Waals surface area contributed by atoms with Crippen LogP contribution < -0.4 is 11.0 Å². The zero-order valence-electron chi connectivity index (χ0n) is 18.7. The Hall–Kier alpha value is -4.22. The van der Waals surface area contributed by atoms with Crippen molar-refractivity contribution in [3.05, 3.63) is 86.9 Å². The average Bonchev–Trinajstić information content (AvgIpc) is 3.53. The molecule has 0 saturated carbocycles. The molecule has 9 heteroatoms. The van der Waals surface area contributed by atoms with Crippen LogP contribution in [0, 0.1) is 18.3 Å². The third-order valence-electron chi connectivity index (χ3n) is 7.07. The first-order chi connectivity index (χ1) is 16.9. The van der Waals surface area contributed by atoms with Crippen molar-refractivity contribution in [2.45, 2.75) is 25.4 Å². The monoisotopic (exact) mass is 485 g/mol. The SMILES string of the molecule is Cc1c(-n2c(O)c3n(c2=O)[C@@H]2CC3N(C(=O)Nc3cccc4ccccc34)C2)ccc(C#N)c1Cl. The molecule has 1 saturated heterocycles. The minimum atomic E-state index is -0.432. The molecule has 2 aliphatic rings. The summed E-state index contributed by atoms with van der Waals surface area (Å²) in [5, 5.41) is 25.6. The van der Waals surface area contributed by atoms with Gasteiger partial charge in [-0.3, -0.25) is 4.57 Å². The van der Waals surface area contributed by atoms with Crippen molar-refractivity contribution >= 4 is 34.1 Å². The molecule has 2 atom stereocenters. The van der Waals surface area contributed by atoms with Gasteiger partial charge in [0, 0.05) is 11.9 Å². The number of urea groups is 1. The lowest BCUT2D eigenvalue weighted by Crippen LogP contribution is -2.40. The van der Waals surface area contributed by atoms with Gasteiger partial charge in [-0.25, -0.2) is 14.2 Å². The number of hydrogen-bond acceptors (Lipinski definition) is 4. The fourth-order valence-electron chi connectivity index (χ4n) is 5.41. The van der Waals surface area contributed by atoms with Crippen molar-refractivity contribution in [2.24, 2.45) is 0 Å². The van der Waals surface area contributed by atoms with E-state index in [-0.39, 0.29) is 28.7 Å². The van der Waals surface area contributed by atoms with E-state index in [1.54, 1.807) is 22.5 Å². The number of imidazole rings is 1. The van der Waals surface area contributed by atoms with Gasteiger partial charge >= 0.3 is 11.7 Å². The fraction of sp³-hybridized carbons (Fsp3) is 0.192. The summed E-state index contributed by atoms with van der Waals surface area (Å²) in [6.07, 6.45) is 0.565. The molecule has 174 valence electrons. The normalized spacial score (nSPS) is 18.0. The molecule has 6 rings (SSSR count). The highest BCUT2D eigenvalue weighted by atomic mass is 35.5. The van der Waals surface area contributed by atoms with Crippen LogP contribution in [0.4, 0.5) is 10.5 Å². The number of carbonyl (C=O) groups excluding carboxylic acids is 1. The number of hydrogen-bond donors (Lipinski definition) is 2. The number of rotatable bonds is 2. The maximum absolute atomic E-state index is 13.3. The smallest absolute Gasteiger partial charge is 0.336 e. The zero-order chi connectivity index (χ0) is 24.4. The lowest BCUT2D eigenvalue weighted by Gasteiger charge is -2.28. The van der Waals surface area contributed by atoms with Gasteiger partial charge in [-0.05, 0) is 42.5 Å². The molecule has 1 unspecified atom stereocenters. The van der Waals surface area contributed by atoms with E-state index in [2.05, 4.69) is 5.32 Å². The van der Waals surface area contributed by atoms with Gasteiger partial charge in [-0.15, -0.1) is 0 Å². The number of nitrogens with one attached hydrogen (secondary N) is 1. The van der Waals surface area contributed by atoms with Gasteiger partial charge in [0.25, 0.3) is 0 Å². The Morgan fingerprint density at radius 3 is 2.74 bits per heavy atom. The number of amides is 2. The Kier molecular flexibility index (Phi) is 4.66. The Morgan fingerprint density at radius 2 is 1.94 bits per heavy atom. The molecule has 2 bridgehead atoms. The Morgan fingerprint density at radius 1 is 1.17 bits per heavy atom. The van der Waals surface area contributed by atoms with Crippen molar-refractivity contribution in [2.75, 3.05) is 11.9 Å². The third kappa shape index (κ3) is 2.98. The molecule has 2 amide bonds. The summed E-state index contributed by atoms with van der Waals surface area (Å²) in [7, 11) is 0. The summed E-state index contributed by atoms with van der Waals surface area (Å²) in [5.74, 6) is -0.214. The van der Waals surface area contributed by atoms with Crippen LogP contribution in [0.15, 0.2) is 59.4 Å². The highest BCUT2D eigenvalue weighted by Crippen LogP contribution is 2.49. The molecular formula is C26H20ClN5O3. The van der Waals surface area contributed by atoms with Crippen molar-refractivity contribution < 1.29 is 9.90 Å². The lowest BCUT2D eigenvalue weighted by atomic mass is 10.1. The van der Waals surface area contributed by atoms with E-state index in [1.807, 2.05) is 48.5 Å². The highest BCUT2D eigenvalue weighted by molar-refractivity contribution is 6.32. The highest BCUT2D eigenvalue weighted by Gasteiger charge is 2.49. The summed E-state index contributed by atoms with van der Waals surface area (Å²) in [6.45, 7) is 2.07. The topological polar surface area (TPSA) is 103 Å². The third-order valence-corrected chi connectivity index (χ3v) is 7.56. The van der Waals surface area contributed by atoms with Crippen LogP contribution in [0.1, 0.15) is 35.3 Å². The number of nitriles is 1. The lowest BCUT2D eigenvalue weighted by molar-refractivity contribution is 0.198. The number of aromatic hydroxyl groups is 1. The zero-order valence-corrected chi connectivity index (χ0v) is 19.5. The Balaban J connectivity index is 1.37. The summed E-state index contributed by atoms with van der Waals surface area (Å²) in [5.41, 5.74) is 1.96. The van der Waals surface area contributed by atoms with E-state index in [0.29, 0.717) is 41.2 Å². The summed E-state index contributed by atoms with van der Waals surface area (Å²) >= 11 is 6.31. The first kappa shape index (κ1) is 21.3. The average molecular weight is 486 g/mol. The van der Waals surface area contributed by atoms with Crippen LogP contribution in [0.25, 0.3) is 16.5 Å². The molecule has 4 aromatic rings. The molecule has 0 radical (unpaired) electrons. The molecule has 1 fully saturated rings. The van der Waals surface area contributed by atoms with Gasteiger partial charge in [0.1, 0.15) is 11.8 Å². The Labute approximate surface area is 205 Å². The van der Waals surface area contributed by atoms with E-state index in [1.165, 1.54) is 10.6 Å². The number of carbonyl (C=O) groups is 1. The predicted molar refractivity (Wildman–Crippen MR) is 132 cm³/mol. The fourth-order valence-corrected chi connectivity index (χ4v) is 5.61. The number of halogens is 1. The summed E-state index contributed by atoms with van der Waals surface area (Å²) in [4.78, 5) is 28.3. The number of anilines is 1. The predicted octanol–water partition coefficient (Wildman–Crippen LogP) is 4.86. The minimum absolute atomic E-state index is 0.214. The van der Waals surface area contributed by atoms with Gasteiger partial charge in [0.05, 0.1) is 34.0 Å². The molecule has 35 heavy (non-hydrogen) atoms. The number of nitrogens with zero attached hydrogens (tertiary/aromatic N) is 4. The quantitative estimate of drug-likeness (QED) is 0.423. The standard InChI is InChI=1S/C26H20ClN5O3/c1-14-20(10-9-16(12-28)22(14)27)32-24(33)23-21-11-17(31(23)26(32)35)13-30(21)25(34)29-19-8-4-6-15-5-2-3-7-18(15)19/h2-10,17,21,33H,11,13H2,1H3,(H,29,34)/t17-,21?/m1/s1. The first-order valence-corrected chi connectivity index (χ1v) is 11.6. The van der Waals surface area contributed by atoms with Crippen LogP contribution in [-0.4, -0.2) is 31.7 Å². The molecule has 0 aliphatic carbocycles. The van der Waals surface area contributed by atoms with Crippen molar-refractivity contribution in [1.82, 2.24) is 14.0 Å². The van der Waals surface area contributed by atoms with Crippen LogP contribution in [0.3, 0.4) is 0 Å². The van der Waals surface area contributed by atoms with E-state index >= 15 is 0 Å². The van der Waals surface area contributed by atoms with E-state index < -0.39 is 6.04 Å². The maximum Gasteiger partial charge on any atom is 0.336 e. The largest absolute Gasteiger partial charge is 0.493 e. The van der Waals surface area contributed by atoms with Crippen LogP contribution in [0.2, 0.25) is 5.02 Å². The number of benzene rings is 3. The second kappa shape index (κ2) is 7.65. The molecule has 3 heterocycles. The van der Waals surface area contributed by atoms with Crippen molar-refractivity contribution in [3.63, 3.8) is 0 Å². The van der Waals surface area contributed by atoms with Crippen molar-refractivity contribution in [1.29, 1.82) is 5.26 Å². The molecule has 3 aromatic carbocycles. The molecule has 2 aliphatic heterocycles. The molecule has 8 nitrogen and oxygen atoms in total. The first-order valence-electron chi connectivity index (χ1n) is 11.2. The molecular weight excluding hydrogens is 466 g/mol. The van der Waals surface area contributed by atoms with Gasteiger partial charge in [-0.2, -0.15) is 5.26 Å². The molecule has 2 N–H and O–H groups in total. The number of aromatic nitrogens is 2. The van der Waals surface area contributed by atoms with Crippen LogP contribution in [-0.2, 0) is 0 Å². The second-order valence-electron chi connectivity index (χ2n) is 8.89. The van der Waals surface area contributed by atoms with E-state index in [9.17, 15) is 20.0 Å². The molecule has 0 spiro atoms. The summed E-state index contributed by atoms with van der Waals surface area (Å²) < 4.78 is 2.79. The van der Waals surface area contributed by atoms with Gasteiger partial charge in [0.15, 0.2) is 0 Å². The van der Waals surface area contributed by atoms with Crippen LogP contribution >= 0.6 is 11.6 Å². The van der Waals surface area contributed by atoms with Gasteiger partial charge in [0.2, 0.25) is 5.88 Å². The van der Waals surface area contributed by atoms with E-state index in [0.717, 1.165) is 10.8 Å². The summed E-state index contributed by atoms with van der Waals surface area (Å²) in [6, 6.07) is 17.7. The number of fused-ring (bicyclic) bond motifs is 6. The number of likely N-dealkylation sites (tertiary alicyclic amines) is 1. The van der Waals surface area contributed by atoms with E-state index in [4.69, 9.17) is 11.6 Å². The van der Waals surface area contributed by atoms with Crippen LogP contribution in [0.5, 0.6) is 5.88 Å². The minimum Gasteiger partial charge on any atom is -0.493 e. The van der Waals surface area contributed by atoms with Gasteiger partial charge in [-0.1, -0.05) is 48.0 Å². The van der Waals surface area contributed by atoms with Gasteiger partial charge < -0.3 is 15.3 Å². The van der Waals surface area contributed by atoms with Crippen molar-refractivity contribution in [3.8, 4) is 17.6 Å². The second-order valence-corrected chi connectivity index (χ2v) is 9.27. The Bertz CT molecular complexity index is 1640. The molecule has 1 aromatic heterocycles.